The van der Waals surface area contributed by atoms with Crippen LogP contribution >= 0.6 is 7.82 Å². The van der Waals surface area contributed by atoms with Crippen LogP contribution in [0.2, 0.25) is 0 Å². The number of rotatable bonds is 62. The van der Waals surface area contributed by atoms with Crippen molar-refractivity contribution < 1.29 is 32.9 Å². The summed E-state index contributed by atoms with van der Waals surface area (Å²) in [5.41, 5.74) is 0. The largest absolute Gasteiger partial charge is 0.756 e. The van der Waals surface area contributed by atoms with Gasteiger partial charge >= 0.3 is 0 Å². The average Bonchev–Trinajstić information content (AvgIpc) is 3.38. The molecular formula is C67H131N2O6P. The fraction of sp³-hybridized carbons (Fsp3) is 0.896. The Bertz CT molecular complexity index is 1330. The molecule has 0 heterocycles. The third kappa shape index (κ3) is 60.4. The molecule has 3 atom stereocenters. The smallest absolute Gasteiger partial charge is 0.268 e. The summed E-state index contributed by atoms with van der Waals surface area (Å²) in [5, 5.41) is 13.9. The van der Waals surface area contributed by atoms with Gasteiger partial charge in [-0.2, -0.15) is 0 Å². The first kappa shape index (κ1) is 74.7. The van der Waals surface area contributed by atoms with Crippen molar-refractivity contribution in [3.05, 3.63) is 36.5 Å². The second-order valence-electron chi connectivity index (χ2n) is 24.2. The number of carbonyl (C=O) groups excluding carboxylic acids is 1. The Morgan fingerprint density at radius 3 is 1.09 bits per heavy atom. The van der Waals surface area contributed by atoms with E-state index in [0.717, 1.165) is 44.9 Å². The Morgan fingerprint density at radius 1 is 0.461 bits per heavy atom. The number of aliphatic hydroxyl groups excluding tert-OH is 1. The van der Waals surface area contributed by atoms with Crippen LogP contribution in [0, 0.1) is 0 Å². The minimum absolute atomic E-state index is 0.00116. The molecule has 9 heteroatoms. The van der Waals surface area contributed by atoms with Gasteiger partial charge in [-0.15, -0.1) is 0 Å². The van der Waals surface area contributed by atoms with Gasteiger partial charge in [0.1, 0.15) is 13.2 Å². The lowest BCUT2D eigenvalue weighted by atomic mass is 10.0. The predicted octanol–water partition coefficient (Wildman–Crippen LogP) is 20.3. The molecule has 0 aliphatic carbocycles. The zero-order chi connectivity index (χ0) is 55.6. The third-order valence-electron chi connectivity index (χ3n) is 15.3. The molecule has 0 radical (unpaired) electrons. The van der Waals surface area contributed by atoms with Gasteiger partial charge in [-0.25, -0.2) is 0 Å². The molecular weight excluding hydrogens is 960 g/mol. The van der Waals surface area contributed by atoms with Crippen molar-refractivity contribution in [1.82, 2.24) is 5.32 Å². The van der Waals surface area contributed by atoms with Crippen molar-refractivity contribution in [3.63, 3.8) is 0 Å². The number of hydrogen-bond acceptors (Lipinski definition) is 6. The third-order valence-corrected chi connectivity index (χ3v) is 16.3. The second kappa shape index (κ2) is 58.4. The Balaban J connectivity index is 4.03. The average molecular weight is 1090 g/mol. The van der Waals surface area contributed by atoms with E-state index in [1.165, 1.54) is 270 Å². The highest BCUT2D eigenvalue weighted by atomic mass is 31.2. The number of phosphoric ester groups is 1. The number of phosphoric acid groups is 1. The molecule has 0 bridgehead atoms. The highest BCUT2D eigenvalue weighted by molar-refractivity contribution is 7.45. The van der Waals surface area contributed by atoms with Gasteiger partial charge in [-0.05, 0) is 51.4 Å². The van der Waals surface area contributed by atoms with Crippen LogP contribution in [-0.2, 0) is 18.4 Å². The molecule has 0 aromatic carbocycles. The van der Waals surface area contributed by atoms with Crippen molar-refractivity contribution in [2.75, 3.05) is 40.9 Å². The highest BCUT2D eigenvalue weighted by Gasteiger charge is 2.23. The number of allylic oxidation sites excluding steroid dienone is 5. The number of likely N-dealkylation sites (N-methyl/N-ethyl adjacent to an activating group) is 1. The molecule has 450 valence electrons. The summed E-state index contributed by atoms with van der Waals surface area (Å²) in [5.74, 6) is -0.190. The molecule has 0 saturated carbocycles. The van der Waals surface area contributed by atoms with Crippen LogP contribution in [0.5, 0.6) is 0 Å². The number of carbonyl (C=O) groups is 1. The maximum atomic E-state index is 13.0. The molecule has 1 amide bonds. The van der Waals surface area contributed by atoms with E-state index >= 15 is 0 Å². The molecule has 0 aromatic rings. The highest BCUT2D eigenvalue weighted by Crippen LogP contribution is 2.38. The van der Waals surface area contributed by atoms with E-state index in [2.05, 4.69) is 43.5 Å². The molecule has 0 spiro atoms. The Morgan fingerprint density at radius 2 is 0.763 bits per heavy atom. The van der Waals surface area contributed by atoms with Crippen LogP contribution in [0.15, 0.2) is 36.5 Å². The first-order valence-corrected chi connectivity index (χ1v) is 34.8. The van der Waals surface area contributed by atoms with Crippen molar-refractivity contribution in [3.8, 4) is 0 Å². The lowest BCUT2D eigenvalue weighted by Gasteiger charge is -2.29. The quantitative estimate of drug-likeness (QED) is 0.0272. The van der Waals surface area contributed by atoms with E-state index in [-0.39, 0.29) is 19.1 Å². The molecule has 76 heavy (non-hydrogen) atoms. The van der Waals surface area contributed by atoms with E-state index in [1.54, 1.807) is 6.08 Å². The summed E-state index contributed by atoms with van der Waals surface area (Å²) in [7, 11) is 1.28. The summed E-state index contributed by atoms with van der Waals surface area (Å²) >= 11 is 0. The first-order chi connectivity index (χ1) is 37.0. The summed E-state index contributed by atoms with van der Waals surface area (Å²) in [6.45, 7) is 4.69. The van der Waals surface area contributed by atoms with Gasteiger partial charge in [-0.3, -0.25) is 9.36 Å². The van der Waals surface area contributed by atoms with Gasteiger partial charge in [0.05, 0.1) is 39.9 Å². The summed E-state index contributed by atoms with van der Waals surface area (Å²) in [6, 6.07) is -0.885. The van der Waals surface area contributed by atoms with Crippen LogP contribution in [0.1, 0.15) is 335 Å². The molecule has 0 saturated heterocycles. The van der Waals surface area contributed by atoms with Crippen LogP contribution in [0.25, 0.3) is 0 Å². The van der Waals surface area contributed by atoms with Crippen molar-refractivity contribution in [1.29, 1.82) is 0 Å². The van der Waals surface area contributed by atoms with E-state index < -0.39 is 20.0 Å². The van der Waals surface area contributed by atoms with Gasteiger partial charge in [0, 0.05) is 6.42 Å². The van der Waals surface area contributed by atoms with Gasteiger partial charge in [0.2, 0.25) is 5.91 Å². The summed E-state index contributed by atoms with van der Waals surface area (Å²) < 4.78 is 23.4. The molecule has 0 fully saturated rings. The molecule has 0 aromatic heterocycles. The first-order valence-electron chi connectivity index (χ1n) is 33.4. The molecule has 3 unspecified atom stereocenters. The topological polar surface area (TPSA) is 108 Å². The molecule has 8 nitrogen and oxygen atoms in total. The summed E-state index contributed by atoms with van der Waals surface area (Å²) in [6.07, 6.45) is 76.8. The Labute approximate surface area is 474 Å². The number of quaternary nitrogens is 1. The van der Waals surface area contributed by atoms with Crippen LogP contribution < -0.4 is 10.2 Å². The van der Waals surface area contributed by atoms with Gasteiger partial charge < -0.3 is 28.8 Å². The van der Waals surface area contributed by atoms with Gasteiger partial charge in [0.15, 0.2) is 0 Å². The second-order valence-corrected chi connectivity index (χ2v) is 25.6. The van der Waals surface area contributed by atoms with E-state index in [4.69, 9.17) is 9.05 Å². The maximum Gasteiger partial charge on any atom is 0.268 e. The molecule has 0 rings (SSSR count). The lowest BCUT2D eigenvalue weighted by Crippen LogP contribution is -2.45. The number of aliphatic hydroxyl groups is 1. The fourth-order valence-electron chi connectivity index (χ4n) is 10.1. The standard InChI is InChI=1S/C67H131N2O6P/c1-6-8-10-12-14-16-18-20-22-24-26-28-29-30-31-32-33-34-35-36-37-38-39-41-43-45-47-49-51-53-55-57-59-61-67(71)68-65(64-75-76(72,73)74-63-62-69(3,4)5)66(70)60-58-56-54-52-50-48-46-44-42-40-27-25-23-21-19-17-15-13-11-9-7-2/h18,20,24,26,58,60,65-66,70H,6-17,19,21-23,25,27-57,59,61-64H2,1-5H3,(H-,68,71,72,73)/b20-18-,26-24-,60-58+. The van der Waals surface area contributed by atoms with Crippen LogP contribution in [0.3, 0.4) is 0 Å². The Kier molecular flexibility index (Phi) is 57.4. The number of nitrogens with zero attached hydrogens (tertiary/aromatic N) is 1. The van der Waals surface area contributed by atoms with Crippen LogP contribution in [0.4, 0.5) is 0 Å². The predicted molar refractivity (Wildman–Crippen MR) is 330 cm³/mol. The molecule has 2 N–H and O–H groups in total. The fourth-order valence-corrected chi connectivity index (χ4v) is 10.9. The monoisotopic (exact) mass is 1090 g/mol. The van der Waals surface area contributed by atoms with Crippen molar-refractivity contribution in [2.45, 2.75) is 347 Å². The normalized spacial score (nSPS) is 13.9. The number of hydrogen-bond donors (Lipinski definition) is 2. The zero-order valence-corrected chi connectivity index (χ0v) is 52.4. The summed E-state index contributed by atoms with van der Waals surface area (Å²) in [4.78, 5) is 25.6. The van der Waals surface area contributed by atoms with E-state index in [1.807, 2.05) is 27.2 Å². The van der Waals surface area contributed by atoms with E-state index in [9.17, 15) is 19.4 Å². The molecule has 0 aliphatic heterocycles. The zero-order valence-electron chi connectivity index (χ0n) is 51.5. The van der Waals surface area contributed by atoms with Crippen LogP contribution in [-0.4, -0.2) is 68.5 Å². The molecule has 0 aliphatic rings. The number of unbranched alkanes of at least 4 members (excludes halogenated alkanes) is 45. The van der Waals surface area contributed by atoms with Crippen molar-refractivity contribution in [2.24, 2.45) is 0 Å². The van der Waals surface area contributed by atoms with Gasteiger partial charge in [0.25, 0.3) is 7.82 Å². The van der Waals surface area contributed by atoms with Gasteiger partial charge in [-0.1, -0.05) is 314 Å². The van der Waals surface area contributed by atoms with Crippen molar-refractivity contribution >= 4 is 13.7 Å². The Hall–Kier alpha value is -1.28. The lowest BCUT2D eigenvalue weighted by molar-refractivity contribution is -0.870. The minimum Gasteiger partial charge on any atom is -0.756 e. The maximum absolute atomic E-state index is 13.0. The number of amides is 1. The van der Waals surface area contributed by atoms with E-state index in [0.29, 0.717) is 17.4 Å². The number of nitrogens with one attached hydrogen (secondary N) is 1. The minimum atomic E-state index is -4.60. The SMILES string of the molecule is CCCCCCC/C=C\C/C=C\CCCCCCCCCCCCCCCCCCCCCCCC(=O)NC(COP(=O)([O-])OCC[N+](C)(C)C)C(O)/C=C/CCCCCCCCCCCCCCCCCCCCC.